The molecular formula is C21H30N2O2. The van der Waals surface area contributed by atoms with Crippen molar-refractivity contribution in [3.8, 4) is 0 Å². The van der Waals surface area contributed by atoms with Gasteiger partial charge in [0, 0.05) is 11.1 Å². The molecule has 5 rings (SSSR count). The van der Waals surface area contributed by atoms with Gasteiger partial charge in [-0.2, -0.15) is 0 Å². The van der Waals surface area contributed by atoms with E-state index in [1.807, 2.05) is 32.0 Å². The lowest BCUT2D eigenvalue weighted by atomic mass is 9.54. The van der Waals surface area contributed by atoms with Crippen LogP contribution in [0.25, 0.3) is 0 Å². The lowest BCUT2D eigenvalue weighted by Gasteiger charge is -2.52. The SMILES string of the molecule is CC.COC(=O)c1ccc2c(c1)CN=C(C13CCC(C)(CC1)CC3)N2. The Morgan fingerprint density at radius 1 is 1.12 bits per heavy atom. The zero-order chi connectivity index (χ0) is 18.1. The molecule has 0 radical (unpaired) electrons. The smallest absolute Gasteiger partial charge is 0.337 e. The zero-order valence-electron chi connectivity index (χ0n) is 15.9. The first-order valence-electron chi connectivity index (χ1n) is 9.57. The van der Waals surface area contributed by atoms with Gasteiger partial charge in [0.05, 0.1) is 19.2 Å². The minimum atomic E-state index is -0.292. The van der Waals surface area contributed by atoms with E-state index in [0.29, 0.717) is 17.5 Å². The number of fused-ring (bicyclic) bond motifs is 4. The molecule has 4 aliphatic rings. The van der Waals surface area contributed by atoms with Crippen LogP contribution in [0.2, 0.25) is 0 Å². The average molecular weight is 342 g/mol. The number of nitrogens with zero attached hydrogens (tertiary/aromatic N) is 1. The minimum absolute atomic E-state index is 0.260. The van der Waals surface area contributed by atoms with Crippen LogP contribution in [0.4, 0.5) is 5.69 Å². The molecule has 136 valence electrons. The van der Waals surface area contributed by atoms with Gasteiger partial charge in [-0.3, -0.25) is 4.99 Å². The van der Waals surface area contributed by atoms with E-state index in [9.17, 15) is 4.79 Å². The van der Waals surface area contributed by atoms with Gasteiger partial charge in [-0.25, -0.2) is 4.79 Å². The first kappa shape index (κ1) is 18.0. The fraction of sp³-hybridized carbons (Fsp3) is 0.619. The van der Waals surface area contributed by atoms with Crippen molar-refractivity contribution in [3.05, 3.63) is 29.3 Å². The summed E-state index contributed by atoms with van der Waals surface area (Å²) in [6.07, 6.45) is 7.73. The Morgan fingerprint density at radius 2 is 1.76 bits per heavy atom. The van der Waals surface area contributed by atoms with Gasteiger partial charge in [0.2, 0.25) is 0 Å². The van der Waals surface area contributed by atoms with Crippen molar-refractivity contribution in [1.29, 1.82) is 0 Å². The molecule has 1 N–H and O–H groups in total. The van der Waals surface area contributed by atoms with Crippen molar-refractivity contribution in [2.24, 2.45) is 15.8 Å². The summed E-state index contributed by atoms with van der Waals surface area (Å²) in [4.78, 5) is 16.5. The normalized spacial score (nSPS) is 29.5. The Morgan fingerprint density at radius 3 is 2.36 bits per heavy atom. The molecule has 1 aliphatic heterocycles. The van der Waals surface area contributed by atoms with E-state index in [-0.39, 0.29) is 11.4 Å². The highest BCUT2D eigenvalue weighted by atomic mass is 16.5. The van der Waals surface area contributed by atoms with Crippen molar-refractivity contribution < 1.29 is 9.53 Å². The number of methoxy groups -OCH3 is 1. The van der Waals surface area contributed by atoms with Crippen LogP contribution < -0.4 is 5.32 Å². The molecule has 3 fully saturated rings. The molecule has 3 saturated carbocycles. The molecule has 4 nitrogen and oxygen atoms in total. The summed E-state index contributed by atoms with van der Waals surface area (Å²) >= 11 is 0. The molecule has 3 aliphatic carbocycles. The molecule has 0 unspecified atom stereocenters. The molecular weight excluding hydrogens is 312 g/mol. The number of anilines is 1. The van der Waals surface area contributed by atoms with Crippen molar-refractivity contribution in [3.63, 3.8) is 0 Å². The predicted molar refractivity (Wildman–Crippen MR) is 102 cm³/mol. The molecule has 2 bridgehead atoms. The standard InChI is InChI=1S/C19H24N2O2.C2H6/c1-18-5-8-19(9-6-18,10-7-18)17-20-12-14-11-13(16(22)23-2)3-4-15(14)21-17;1-2/h3-4,11H,5-10,12H2,1-2H3,(H,20,21);1-2H3. The van der Waals surface area contributed by atoms with Crippen LogP contribution in [-0.4, -0.2) is 18.9 Å². The number of ether oxygens (including phenoxy) is 1. The van der Waals surface area contributed by atoms with Gasteiger partial charge in [-0.05, 0) is 67.7 Å². The quantitative estimate of drug-likeness (QED) is 0.753. The molecule has 0 spiro atoms. The van der Waals surface area contributed by atoms with E-state index in [1.54, 1.807) is 0 Å². The Kier molecular flexibility index (Phi) is 4.90. The largest absolute Gasteiger partial charge is 0.465 e. The van der Waals surface area contributed by atoms with Gasteiger partial charge >= 0.3 is 5.97 Å². The van der Waals surface area contributed by atoms with Gasteiger partial charge in [0.1, 0.15) is 5.84 Å². The van der Waals surface area contributed by atoms with E-state index in [2.05, 4.69) is 12.2 Å². The van der Waals surface area contributed by atoms with Gasteiger partial charge in [0.15, 0.2) is 0 Å². The van der Waals surface area contributed by atoms with Crippen LogP contribution in [0, 0.1) is 10.8 Å². The van der Waals surface area contributed by atoms with Crippen LogP contribution in [0.3, 0.4) is 0 Å². The van der Waals surface area contributed by atoms with Gasteiger partial charge in [-0.1, -0.05) is 20.8 Å². The maximum atomic E-state index is 11.7. The van der Waals surface area contributed by atoms with Crippen molar-refractivity contribution >= 4 is 17.5 Å². The summed E-state index contributed by atoms with van der Waals surface area (Å²) in [5, 5.41) is 3.58. The Hall–Kier alpha value is -1.84. The Balaban J connectivity index is 0.000000880. The van der Waals surface area contributed by atoms with E-state index >= 15 is 0 Å². The van der Waals surface area contributed by atoms with E-state index < -0.39 is 0 Å². The number of hydrogen-bond acceptors (Lipinski definition) is 4. The summed E-state index contributed by atoms with van der Waals surface area (Å²) in [5.74, 6) is 0.887. The lowest BCUT2D eigenvalue weighted by Crippen LogP contribution is -2.47. The molecule has 0 atom stereocenters. The van der Waals surface area contributed by atoms with Gasteiger partial charge in [-0.15, -0.1) is 0 Å². The van der Waals surface area contributed by atoms with Crippen LogP contribution in [0.1, 0.15) is 75.2 Å². The average Bonchev–Trinajstić information content (AvgIpc) is 2.69. The van der Waals surface area contributed by atoms with E-state index in [1.165, 1.54) is 51.5 Å². The first-order valence-corrected chi connectivity index (χ1v) is 9.57. The number of hydrogen-bond donors (Lipinski definition) is 1. The van der Waals surface area contributed by atoms with Gasteiger partial charge < -0.3 is 10.1 Å². The fourth-order valence-electron chi connectivity index (χ4n) is 4.45. The Labute approximate surface area is 151 Å². The number of esters is 1. The molecule has 25 heavy (non-hydrogen) atoms. The van der Waals surface area contributed by atoms with E-state index in [0.717, 1.165) is 11.3 Å². The highest BCUT2D eigenvalue weighted by Crippen LogP contribution is 2.57. The predicted octanol–water partition coefficient (Wildman–Crippen LogP) is 5.18. The second-order valence-electron chi connectivity index (χ2n) is 7.74. The fourth-order valence-corrected chi connectivity index (χ4v) is 4.45. The van der Waals surface area contributed by atoms with E-state index in [4.69, 9.17) is 9.73 Å². The number of nitrogens with one attached hydrogen (secondary N) is 1. The van der Waals surface area contributed by atoms with Crippen molar-refractivity contribution in [2.45, 2.75) is 65.8 Å². The maximum Gasteiger partial charge on any atom is 0.337 e. The number of amidine groups is 1. The molecule has 0 saturated heterocycles. The highest BCUT2D eigenvalue weighted by molar-refractivity contribution is 6.02. The third kappa shape index (κ3) is 3.19. The highest BCUT2D eigenvalue weighted by Gasteiger charge is 2.49. The minimum Gasteiger partial charge on any atom is -0.465 e. The Bertz CT molecular complexity index is 669. The molecule has 0 aromatic heterocycles. The topological polar surface area (TPSA) is 50.7 Å². The number of carbonyl (C=O) groups is 1. The number of carbonyl (C=O) groups excluding carboxylic acids is 1. The number of benzene rings is 1. The first-order chi connectivity index (χ1) is 12.0. The maximum absolute atomic E-state index is 11.7. The third-order valence-electron chi connectivity index (χ3n) is 6.31. The monoisotopic (exact) mass is 342 g/mol. The molecule has 0 amide bonds. The molecule has 1 heterocycles. The third-order valence-corrected chi connectivity index (χ3v) is 6.31. The summed E-state index contributed by atoms with van der Waals surface area (Å²) in [7, 11) is 1.41. The second kappa shape index (κ2) is 6.81. The van der Waals surface area contributed by atoms with Crippen LogP contribution >= 0.6 is 0 Å². The summed E-state index contributed by atoms with van der Waals surface area (Å²) in [5.41, 5.74) is 3.59. The summed E-state index contributed by atoms with van der Waals surface area (Å²) in [6, 6.07) is 5.71. The van der Waals surface area contributed by atoms with Crippen molar-refractivity contribution in [2.75, 3.05) is 12.4 Å². The molecule has 4 heteroatoms. The van der Waals surface area contributed by atoms with Gasteiger partial charge in [0.25, 0.3) is 0 Å². The zero-order valence-corrected chi connectivity index (χ0v) is 15.9. The van der Waals surface area contributed by atoms with Crippen molar-refractivity contribution in [1.82, 2.24) is 0 Å². The number of rotatable bonds is 2. The second-order valence-corrected chi connectivity index (χ2v) is 7.74. The summed E-state index contributed by atoms with van der Waals surface area (Å²) in [6.45, 7) is 7.09. The van der Waals surface area contributed by atoms with Crippen LogP contribution in [0.5, 0.6) is 0 Å². The number of aliphatic imine (C=N–C) groups is 1. The summed E-state index contributed by atoms with van der Waals surface area (Å²) < 4.78 is 4.80. The van der Waals surface area contributed by atoms with Crippen LogP contribution in [-0.2, 0) is 11.3 Å². The molecule has 1 aromatic carbocycles. The van der Waals surface area contributed by atoms with Crippen LogP contribution in [0.15, 0.2) is 23.2 Å². The lowest BCUT2D eigenvalue weighted by molar-refractivity contribution is 0.0483. The molecule has 1 aromatic rings.